The predicted molar refractivity (Wildman–Crippen MR) is 104 cm³/mol. The van der Waals surface area contributed by atoms with Crippen LogP contribution in [0.4, 0.5) is 16.2 Å². The highest BCUT2D eigenvalue weighted by Crippen LogP contribution is 2.18. The Bertz CT molecular complexity index is 771. The van der Waals surface area contributed by atoms with Crippen LogP contribution in [0.1, 0.15) is 28.8 Å². The van der Waals surface area contributed by atoms with E-state index in [0.29, 0.717) is 16.9 Å². The lowest BCUT2D eigenvalue weighted by molar-refractivity contribution is 0.0930. The average Bonchev–Trinajstić information content (AvgIpc) is 2.65. The molecule has 0 bridgehead atoms. The third-order valence-electron chi connectivity index (χ3n) is 4.41. The van der Waals surface area contributed by atoms with Crippen LogP contribution in [0, 0.1) is 6.92 Å². The number of carbonyl (C=O) groups is 2. The first-order valence-electron chi connectivity index (χ1n) is 8.87. The summed E-state index contributed by atoms with van der Waals surface area (Å²) in [5.41, 5.74) is 2.76. The summed E-state index contributed by atoms with van der Waals surface area (Å²) in [6, 6.07) is 14.4. The normalized spacial score (nSPS) is 16.6. The number of carbonyl (C=O) groups excluding carboxylic acids is 2. The van der Waals surface area contributed by atoms with Gasteiger partial charge >= 0.3 is 6.03 Å². The van der Waals surface area contributed by atoms with Crippen LogP contribution in [0.25, 0.3) is 0 Å². The first-order chi connectivity index (χ1) is 12.6. The molecule has 6 heteroatoms. The Morgan fingerprint density at radius 3 is 2.62 bits per heavy atom. The second kappa shape index (κ2) is 8.49. The molecule has 6 nitrogen and oxygen atoms in total. The van der Waals surface area contributed by atoms with Crippen molar-refractivity contribution in [3.05, 3.63) is 59.7 Å². The van der Waals surface area contributed by atoms with Gasteiger partial charge in [-0.25, -0.2) is 4.79 Å². The van der Waals surface area contributed by atoms with Gasteiger partial charge in [-0.05, 0) is 56.1 Å². The Morgan fingerprint density at radius 1 is 1.08 bits per heavy atom. The maximum atomic E-state index is 12.5. The molecule has 1 unspecified atom stereocenters. The Kier molecular flexibility index (Phi) is 5.86. The van der Waals surface area contributed by atoms with Crippen molar-refractivity contribution in [1.29, 1.82) is 0 Å². The third kappa shape index (κ3) is 4.83. The molecule has 2 aromatic carbocycles. The molecule has 0 spiro atoms. The van der Waals surface area contributed by atoms with Crippen molar-refractivity contribution >= 4 is 23.3 Å². The minimum absolute atomic E-state index is 0.120. The molecule has 1 aliphatic rings. The lowest BCUT2D eigenvalue weighted by Crippen LogP contribution is -2.45. The van der Waals surface area contributed by atoms with E-state index in [9.17, 15) is 9.59 Å². The Hall–Kier alpha value is -2.86. The first-order valence-corrected chi connectivity index (χ1v) is 8.87. The number of nitrogens with one attached hydrogen (secondary N) is 4. The fourth-order valence-electron chi connectivity index (χ4n) is 2.95. The zero-order valence-corrected chi connectivity index (χ0v) is 14.8. The zero-order chi connectivity index (χ0) is 18.4. The lowest BCUT2D eigenvalue weighted by atomic mass is 10.1. The molecular weight excluding hydrogens is 328 g/mol. The van der Waals surface area contributed by atoms with Crippen LogP contribution in [-0.2, 0) is 0 Å². The molecule has 1 aliphatic heterocycles. The number of hydrogen-bond donors (Lipinski definition) is 4. The fraction of sp³-hybridized carbons (Fsp3) is 0.300. The summed E-state index contributed by atoms with van der Waals surface area (Å²) in [6.07, 6.45) is 2.04. The number of anilines is 2. The lowest BCUT2D eigenvalue weighted by Gasteiger charge is -2.24. The molecule has 2 aromatic rings. The second-order valence-corrected chi connectivity index (χ2v) is 6.49. The maximum Gasteiger partial charge on any atom is 0.323 e. The van der Waals surface area contributed by atoms with Gasteiger partial charge < -0.3 is 21.3 Å². The van der Waals surface area contributed by atoms with Gasteiger partial charge in [0.2, 0.25) is 0 Å². The van der Waals surface area contributed by atoms with E-state index in [0.717, 1.165) is 31.5 Å². The van der Waals surface area contributed by atoms with Gasteiger partial charge in [0.05, 0.1) is 0 Å². The van der Waals surface area contributed by atoms with Crippen molar-refractivity contribution in [3.63, 3.8) is 0 Å². The summed E-state index contributed by atoms with van der Waals surface area (Å²) in [4.78, 5) is 24.7. The summed E-state index contributed by atoms with van der Waals surface area (Å²) >= 11 is 0. The van der Waals surface area contributed by atoms with Crippen molar-refractivity contribution in [2.45, 2.75) is 25.8 Å². The number of piperidine rings is 1. The van der Waals surface area contributed by atoms with Crippen LogP contribution >= 0.6 is 0 Å². The topological polar surface area (TPSA) is 82.3 Å². The monoisotopic (exact) mass is 352 g/mol. The number of benzene rings is 2. The zero-order valence-electron chi connectivity index (χ0n) is 14.8. The number of amides is 3. The van der Waals surface area contributed by atoms with Crippen LogP contribution in [-0.4, -0.2) is 31.1 Å². The minimum Gasteiger partial charge on any atom is -0.348 e. The molecule has 26 heavy (non-hydrogen) atoms. The molecule has 0 saturated carbocycles. The number of hydrogen-bond acceptors (Lipinski definition) is 3. The summed E-state index contributed by atoms with van der Waals surface area (Å²) in [7, 11) is 0. The average molecular weight is 352 g/mol. The summed E-state index contributed by atoms with van der Waals surface area (Å²) < 4.78 is 0. The molecular formula is C20H24N4O2. The van der Waals surface area contributed by atoms with Crippen molar-refractivity contribution in [3.8, 4) is 0 Å². The van der Waals surface area contributed by atoms with Gasteiger partial charge in [-0.2, -0.15) is 0 Å². The Morgan fingerprint density at radius 2 is 1.88 bits per heavy atom. The fourth-order valence-corrected chi connectivity index (χ4v) is 2.95. The van der Waals surface area contributed by atoms with Crippen LogP contribution in [0.3, 0.4) is 0 Å². The third-order valence-corrected chi connectivity index (χ3v) is 4.41. The SMILES string of the molecule is Cc1ccc(C(=O)NC2CCCNC2)cc1NC(=O)Nc1ccccc1. The van der Waals surface area contributed by atoms with Crippen LogP contribution < -0.4 is 21.3 Å². The van der Waals surface area contributed by atoms with E-state index in [1.54, 1.807) is 12.1 Å². The molecule has 4 N–H and O–H groups in total. The highest BCUT2D eigenvalue weighted by molar-refractivity contribution is 6.02. The van der Waals surface area contributed by atoms with Gasteiger partial charge in [-0.15, -0.1) is 0 Å². The summed E-state index contributed by atoms with van der Waals surface area (Å²) in [5.74, 6) is -0.120. The van der Waals surface area contributed by atoms with Crippen molar-refractivity contribution in [1.82, 2.24) is 10.6 Å². The Labute approximate surface area is 153 Å². The number of aryl methyl sites for hydroxylation is 1. The van der Waals surface area contributed by atoms with Crippen LogP contribution in [0.2, 0.25) is 0 Å². The highest BCUT2D eigenvalue weighted by Gasteiger charge is 2.17. The number of rotatable bonds is 4. The standard InChI is InChI=1S/C20H24N4O2/c1-14-9-10-15(19(25)22-17-8-5-11-21-13-17)12-18(14)24-20(26)23-16-6-3-2-4-7-16/h2-4,6-7,9-10,12,17,21H,5,8,11,13H2,1H3,(H,22,25)(H2,23,24,26). The molecule has 0 aromatic heterocycles. The van der Waals surface area contributed by atoms with Gasteiger partial charge in [-0.1, -0.05) is 24.3 Å². The van der Waals surface area contributed by atoms with E-state index in [4.69, 9.17) is 0 Å². The molecule has 136 valence electrons. The van der Waals surface area contributed by atoms with Gasteiger partial charge in [-0.3, -0.25) is 4.79 Å². The summed E-state index contributed by atoms with van der Waals surface area (Å²) in [6.45, 7) is 3.69. The van der Waals surface area contributed by atoms with Gasteiger partial charge in [0, 0.05) is 29.5 Å². The molecule has 1 atom stereocenters. The number of urea groups is 1. The van der Waals surface area contributed by atoms with Crippen molar-refractivity contribution in [2.24, 2.45) is 0 Å². The van der Waals surface area contributed by atoms with E-state index in [2.05, 4.69) is 21.3 Å². The first kappa shape index (κ1) is 17.9. The molecule has 3 amide bonds. The molecule has 0 radical (unpaired) electrons. The van der Waals surface area contributed by atoms with Crippen LogP contribution in [0.15, 0.2) is 48.5 Å². The summed E-state index contributed by atoms with van der Waals surface area (Å²) in [5, 5.41) is 11.9. The van der Waals surface area contributed by atoms with Crippen molar-refractivity contribution < 1.29 is 9.59 Å². The molecule has 1 fully saturated rings. The molecule has 1 heterocycles. The van der Waals surface area contributed by atoms with E-state index < -0.39 is 0 Å². The van der Waals surface area contributed by atoms with E-state index >= 15 is 0 Å². The molecule has 3 rings (SSSR count). The van der Waals surface area contributed by atoms with E-state index in [1.807, 2.05) is 43.3 Å². The van der Waals surface area contributed by atoms with E-state index in [1.165, 1.54) is 0 Å². The molecule has 0 aliphatic carbocycles. The minimum atomic E-state index is -0.340. The van der Waals surface area contributed by atoms with Crippen LogP contribution in [0.5, 0.6) is 0 Å². The van der Waals surface area contributed by atoms with Gasteiger partial charge in [0.15, 0.2) is 0 Å². The van der Waals surface area contributed by atoms with Crippen molar-refractivity contribution in [2.75, 3.05) is 23.7 Å². The number of para-hydroxylation sites is 1. The largest absolute Gasteiger partial charge is 0.348 e. The smallest absolute Gasteiger partial charge is 0.323 e. The van der Waals surface area contributed by atoms with E-state index in [-0.39, 0.29) is 18.0 Å². The maximum absolute atomic E-state index is 12.5. The quantitative estimate of drug-likeness (QED) is 0.682. The second-order valence-electron chi connectivity index (χ2n) is 6.49. The Balaban J connectivity index is 1.65. The van der Waals surface area contributed by atoms with Gasteiger partial charge in [0.1, 0.15) is 0 Å². The highest BCUT2D eigenvalue weighted by atomic mass is 16.2. The van der Waals surface area contributed by atoms with Gasteiger partial charge in [0.25, 0.3) is 5.91 Å². The molecule has 1 saturated heterocycles. The predicted octanol–water partition coefficient (Wildman–Crippen LogP) is 3.12.